The van der Waals surface area contributed by atoms with Crippen molar-refractivity contribution < 1.29 is 12.8 Å². The Morgan fingerprint density at radius 3 is 2.17 bits per heavy atom. The summed E-state index contributed by atoms with van der Waals surface area (Å²) in [7, 11) is 0. The van der Waals surface area contributed by atoms with Gasteiger partial charge in [0.1, 0.15) is 0 Å². The molecule has 0 saturated heterocycles. The summed E-state index contributed by atoms with van der Waals surface area (Å²) in [5, 5.41) is 7.72. The van der Waals surface area contributed by atoms with E-state index in [0.29, 0.717) is 0 Å². The molecular weight excluding hydrogens is 77.0 g/mol. The maximum Gasteiger partial charge on any atom is 2.00 e. The van der Waals surface area contributed by atoms with Crippen LogP contribution in [0.1, 0.15) is 16.2 Å². The van der Waals surface area contributed by atoms with Crippen molar-refractivity contribution in [3.05, 3.63) is 0 Å². The first kappa shape index (κ1) is 9.16. The second kappa shape index (κ2) is 4.64. The SMILES string of the molecule is CCC(=O)O.[Be+2].[H-].[H-]. The Morgan fingerprint density at radius 1 is 2.00 bits per heavy atom. The largest absolute Gasteiger partial charge is 2.00 e. The van der Waals surface area contributed by atoms with Gasteiger partial charge in [-0.15, -0.1) is 0 Å². The summed E-state index contributed by atoms with van der Waals surface area (Å²) in [6, 6.07) is 0. The van der Waals surface area contributed by atoms with E-state index in [1.165, 1.54) is 0 Å². The summed E-state index contributed by atoms with van der Waals surface area (Å²) in [5.41, 5.74) is 0. The molecule has 0 aliphatic rings. The second-order valence-electron chi connectivity index (χ2n) is 0.747. The van der Waals surface area contributed by atoms with E-state index in [2.05, 4.69) is 0 Å². The van der Waals surface area contributed by atoms with E-state index in [1.807, 2.05) is 0 Å². The summed E-state index contributed by atoms with van der Waals surface area (Å²) < 4.78 is 0. The number of aliphatic carboxylic acids is 1. The maximum absolute atomic E-state index is 9.37. The minimum Gasteiger partial charge on any atom is -1.00 e. The Morgan fingerprint density at radius 2 is 2.17 bits per heavy atom. The van der Waals surface area contributed by atoms with Gasteiger partial charge in [0.15, 0.2) is 0 Å². The number of carbonyl (C=O) groups is 1. The Labute approximate surface area is 43.4 Å². The molecule has 0 aromatic heterocycles. The number of rotatable bonds is 1. The average molecular weight is 85.1 g/mol. The van der Waals surface area contributed by atoms with Crippen molar-refractivity contribution in [2.75, 3.05) is 0 Å². The zero-order valence-electron chi connectivity index (χ0n) is 5.77. The van der Waals surface area contributed by atoms with Crippen LogP contribution < -0.4 is 0 Å². The van der Waals surface area contributed by atoms with Crippen LogP contribution in [-0.2, 0) is 4.79 Å². The molecule has 0 bridgehead atoms. The zero-order valence-corrected chi connectivity index (χ0v) is 3.77. The van der Waals surface area contributed by atoms with Gasteiger partial charge in [-0.1, -0.05) is 6.92 Å². The summed E-state index contributed by atoms with van der Waals surface area (Å²) in [6.45, 7) is 1.60. The van der Waals surface area contributed by atoms with Crippen molar-refractivity contribution in [1.29, 1.82) is 0 Å². The van der Waals surface area contributed by atoms with Crippen LogP contribution >= 0.6 is 0 Å². The fraction of sp³-hybridized carbons (Fsp3) is 0.667. The molecule has 0 rings (SSSR count). The second-order valence-corrected chi connectivity index (χ2v) is 0.747. The minimum atomic E-state index is -0.745. The Hall–Kier alpha value is -0.361. The molecule has 2 nitrogen and oxygen atoms in total. The van der Waals surface area contributed by atoms with E-state index in [9.17, 15) is 4.79 Å². The third kappa shape index (κ3) is 9.43. The van der Waals surface area contributed by atoms with Gasteiger partial charge in [0.25, 0.3) is 0 Å². The molecule has 0 radical (unpaired) electrons. The normalized spacial score (nSPS) is 6.17. The molecule has 1 N–H and O–H groups in total. The zero-order chi connectivity index (χ0) is 4.28. The van der Waals surface area contributed by atoms with Crippen molar-refractivity contribution in [3.8, 4) is 0 Å². The molecule has 0 atom stereocenters. The molecule has 6 heavy (non-hydrogen) atoms. The Bertz CT molecular complexity index is 50.5. The van der Waals surface area contributed by atoms with E-state index in [1.54, 1.807) is 6.92 Å². The molecule has 0 aromatic rings. The van der Waals surface area contributed by atoms with Gasteiger partial charge in [0, 0.05) is 6.42 Å². The smallest absolute Gasteiger partial charge is 1.00 e. The van der Waals surface area contributed by atoms with Crippen molar-refractivity contribution in [2.45, 2.75) is 13.3 Å². The molecule has 0 aromatic carbocycles. The van der Waals surface area contributed by atoms with Crippen LogP contribution in [0.2, 0.25) is 0 Å². The summed E-state index contributed by atoms with van der Waals surface area (Å²) >= 11 is 0. The molecule has 0 aliphatic heterocycles. The van der Waals surface area contributed by atoms with Crippen LogP contribution in [0.4, 0.5) is 0 Å². The molecule has 0 amide bonds. The summed E-state index contributed by atoms with van der Waals surface area (Å²) in [4.78, 5) is 9.37. The Balaban J connectivity index is -0.0000000267. The van der Waals surface area contributed by atoms with Gasteiger partial charge >= 0.3 is 16.1 Å². The van der Waals surface area contributed by atoms with Gasteiger partial charge in [-0.25, -0.2) is 0 Å². The van der Waals surface area contributed by atoms with Crippen LogP contribution in [0, 0.1) is 0 Å². The van der Waals surface area contributed by atoms with Crippen molar-refractivity contribution >= 4 is 16.1 Å². The Kier molecular flexibility index (Phi) is 7.08. The van der Waals surface area contributed by atoms with Crippen LogP contribution in [0.3, 0.4) is 0 Å². The number of hydrogen-bond donors (Lipinski definition) is 1. The average Bonchev–Trinajstić information content (AvgIpc) is 1.38. The number of carboxylic acids is 1. The van der Waals surface area contributed by atoms with E-state index in [-0.39, 0.29) is 19.4 Å². The fourth-order valence-electron chi connectivity index (χ4n) is 0. The van der Waals surface area contributed by atoms with E-state index in [4.69, 9.17) is 5.11 Å². The first-order valence-corrected chi connectivity index (χ1v) is 1.49. The molecule has 0 aliphatic carbocycles. The number of carboxylic acid groups (broad SMARTS) is 1. The topological polar surface area (TPSA) is 37.3 Å². The van der Waals surface area contributed by atoms with Gasteiger partial charge in [-0.3, -0.25) is 4.79 Å². The molecular formula is C3H8BeO2. The molecule has 0 spiro atoms. The van der Waals surface area contributed by atoms with Crippen LogP contribution in [0.25, 0.3) is 0 Å². The maximum atomic E-state index is 9.37. The molecule has 0 saturated carbocycles. The quantitative estimate of drug-likeness (QED) is 0.466. The van der Waals surface area contributed by atoms with Crippen molar-refractivity contribution in [2.24, 2.45) is 0 Å². The van der Waals surface area contributed by atoms with Gasteiger partial charge in [-0.05, 0) is 0 Å². The molecule has 34 valence electrons. The molecule has 3 heteroatoms. The van der Waals surface area contributed by atoms with Crippen LogP contribution in [-0.4, -0.2) is 21.2 Å². The molecule has 0 fully saturated rings. The predicted octanol–water partition coefficient (Wildman–Crippen LogP) is 0.325. The summed E-state index contributed by atoms with van der Waals surface area (Å²) in [6.07, 6.45) is 0.222. The monoisotopic (exact) mass is 85.1 g/mol. The predicted molar refractivity (Wildman–Crippen MR) is 25.9 cm³/mol. The minimum absolute atomic E-state index is 0. The van der Waals surface area contributed by atoms with Gasteiger partial charge in [-0.2, -0.15) is 0 Å². The van der Waals surface area contributed by atoms with Crippen LogP contribution in [0.15, 0.2) is 0 Å². The van der Waals surface area contributed by atoms with E-state index < -0.39 is 5.97 Å². The third-order valence-electron chi connectivity index (χ3n) is 0.302. The summed E-state index contributed by atoms with van der Waals surface area (Å²) in [5.74, 6) is -0.745. The van der Waals surface area contributed by atoms with Gasteiger partial charge in [0.05, 0.1) is 0 Å². The van der Waals surface area contributed by atoms with Crippen molar-refractivity contribution in [1.82, 2.24) is 0 Å². The van der Waals surface area contributed by atoms with Crippen molar-refractivity contribution in [3.63, 3.8) is 0 Å². The fourth-order valence-corrected chi connectivity index (χ4v) is 0. The van der Waals surface area contributed by atoms with E-state index in [0.717, 1.165) is 0 Å². The first-order chi connectivity index (χ1) is 2.27. The first-order valence-electron chi connectivity index (χ1n) is 1.49. The molecule has 0 unspecified atom stereocenters. The molecule has 0 heterocycles. The standard InChI is InChI=1S/C3H6O2.Be.2H/c1-2-3(4)5;;;/h2H2,1H3,(H,4,5);;;/q;+2;2*-1. The van der Waals surface area contributed by atoms with Gasteiger partial charge < -0.3 is 7.96 Å². The number of hydrogen-bond acceptors (Lipinski definition) is 1. The van der Waals surface area contributed by atoms with E-state index >= 15 is 0 Å². The van der Waals surface area contributed by atoms with Gasteiger partial charge in [0.2, 0.25) is 0 Å². The van der Waals surface area contributed by atoms with Crippen LogP contribution in [0.5, 0.6) is 0 Å². The third-order valence-corrected chi connectivity index (χ3v) is 0.302.